The number of nitrogens with one attached hydrogen (secondary N) is 2. The standard InChI is InChI=1S/C25H22F4N4O4.C2HF3O2/c1-13-9-19(37-12-16-17(26)6-4-7-18(16)27)22-31-14(2)21(33(22)11-13)23(34)32-20-8-3-5-15(25(20,28)29)10-30-24(35)36;3-2(4,5)1(6)7/h3-9,11,15,30H,10,12H2,1-2H3,(H,32,34)(H,35,36);(H,6,7). The first-order chi connectivity index (χ1) is 20.4. The Kier molecular flexibility index (Phi) is 9.91. The number of carboxylic acids is 1. The first kappa shape index (κ1) is 33.4. The Balaban J connectivity index is 0.000000676. The average Bonchev–Trinajstić information content (AvgIpc) is 3.24. The first-order valence-corrected chi connectivity index (χ1v) is 12.3. The maximum Gasteiger partial charge on any atom is 0.490 e. The summed E-state index contributed by atoms with van der Waals surface area (Å²) >= 11 is 0. The van der Waals surface area contributed by atoms with Gasteiger partial charge in [0, 0.05) is 12.7 Å². The number of carbonyl (C=O) groups is 3. The van der Waals surface area contributed by atoms with Crippen LogP contribution >= 0.6 is 0 Å². The number of carboxylic acid groups (broad SMARTS) is 2. The molecule has 0 aliphatic heterocycles. The van der Waals surface area contributed by atoms with E-state index in [1.807, 2.05) is 5.32 Å². The van der Waals surface area contributed by atoms with E-state index in [1.165, 1.54) is 23.5 Å². The number of aliphatic carboxylic acids is 1. The van der Waals surface area contributed by atoms with Crippen molar-refractivity contribution in [3.8, 4) is 5.75 Å². The molecule has 10 nitrogen and oxygen atoms in total. The number of fused-ring (bicyclic) bond motifs is 1. The van der Waals surface area contributed by atoms with Crippen LogP contribution in [0.5, 0.6) is 5.75 Å². The van der Waals surface area contributed by atoms with Crippen molar-refractivity contribution < 1.29 is 60.1 Å². The van der Waals surface area contributed by atoms with E-state index in [0.29, 0.717) is 5.56 Å². The van der Waals surface area contributed by atoms with Gasteiger partial charge in [0.15, 0.2) is 11.4 Å². The van der Waals surface area contributed by atoms with E-state index in [4.69, 9.17) is 19.7 Å². The molecule has 236 valence electrons. The van der Waals surface area contributed by atoms with Crippen LogP contribution in [0.15, 0.2) is 54.4 Å². The van der Waals surface area contributed by atoms with Crippen molar-refractivity contribution in [3.05, 3.63) is 88.5 Å². The summed E-state index contributed by atoms with van der Waals surface area (Å²) in [7, 11) is 0. The van der Waals surface area contributed by atoms with Gasteiger partial charge in [-0.15, -0.1) is 0 Å². The lowest BCUT2D eigenvalue weighted by molar-refractivity contribution is -0.192. The highest BCUT2D eigenvalue weighted by molar-refractivity contribution is 5.96. The average molecular weight is 632 g/mol. The van der Waals surface area contributed by atoms with Crippen LogP contribution in [0, 0.1) is 31.4 Å². The second kappa shape index (κ2) is 13.0. The quantitative estimate of drug-likeness (QED) is 0.264. The Labute approximate surface area is 243 Å². The molecule has 2 amide bonds. The van der Waals surface area contributed by atoms with Gasteiger partial charge in [-0.1, -0.05) is 18.2 Å². The number of alkyl halides is 5. The molecule has 2 heterocycles. The van der Waals surface area contributed by atoms with Crippen LogP contribution in [0.4, 0.5) is 35.5 Å². The fourth-order valence-electron chi connectivity index (χ4n) is 3.98. The van der Waals surface area contributed by atoms with Gasteiger partial charge in [-0.3, -0.25) is 9.20 Å². The summed E-state index contributed by atoms with van der Waals surface area (Å²) in [4.78, 5) is 37.1. The summed E-state index contributed by atoms with van der Waals surface area (Å²) in [6.45, 7) is 2.20. The minimum Gasteiger partial charge on any atom is -0.485 e. The second-order valence-corrected chi connectivity index (χ2v) is 9.25. The van der Waals surface area contributed by atoms with Gasteiger partial charge >= 0.3 is 18.2 Å². The zero-order chi connectivity index (χ0) is 33.0. The lowest BCUT2D eigenvalue weighted by atomic mass is 9.93. The molecule has 1 unspecified atom stereocenters. The number of ether oxygens (including phenoxy) is 1. The fraction of sp³-hybridized carbons (Fsp3) is 0.259. The normalized spacial score (nSPS) is 15.6. The summed E-state index contributed by atoms with van der Waals surface area (Å²) < 4.78 is 96.8. The molecule has 17 heteroatoms. The van der Waals surface area contributed by atoms with Crippen LogP contribution in [0.25, 0.3) is 5.65 Å². The molecule has 1 atom stereocenters. The Hall–Kier alpha value is -5.09. The number of halogens is 7. The van der Waals surface area contributed by atoms with Gasteiger partial charge in [-0.25, -0.2) is 23.4 Å². The highest BCUT2D eigenvalue weighted by atomic mass is 19.4. The minimum atomic E-state index is -5.08. The molecule has 0 fully saturated rings. The molecule has 1 aliphatic carbocycles. The van der Waals surface area contributed by atoms with Crippen molar-refractivity contribution in [1.29, 1.82) is 0 Å². The molecular formula is C27H23F7N4O6. The second-order valence-electron chi connectivity index (χ2n) is 9.25. The molecule has 1 aliphatic rings. The molecule has 1 aromatic carbocycles. The molecule has 0 saturated carbocycles. The van der Waals surface area contributed by atoms with Crippen molar-refractivity contribution in [1.82, 2.24) is 20.0 Å². The maximum atomic E-state index is 15.0. The Bertz CT molecular complexity index is 1630. The summed E-state index contributed by atoms with van der Waals surface area (Å²) in [5, 5.41) is 20.0. The van der Waals surface area contributed by atoms with Crippen molar-refractivity contribution in [2.45, 2.75) is 32.6 Å². The number of amides is 2. The molecule has 2 aromatic heterocycles. The maximum absolute atomic E-state index is 15.0. The lowest BCUT2D eigenvalue weighted by Crippen LogP contribution is -2.44. The molecular weight excluding hydrogens is 609 g/mol. The van der Waals surface area contributed by atoms with Crippen molar-refractivity contribution >= 4 is 23.6 Å². The summed E-state index contributed by atoms with van der Waals surface area (Å²) in [6.07, 6.45) is -1.49. The number of allylic oxidation sites excluding steroid dienone is 3. The summed E-state index contributed by atoms with van der Waals surface area (Å²) in [6, 6.07) is 5.00. The van der Waals surface area contributed by atoms with Crippen LogP contribution in [-0.4, -0.2) is 56.2 Å². The third kappa shape index (κ3) is 7.64. The van der Waals surface area contributed by atoms with Gasteiger partial charge in [0.05, 0.1) is 22.9 Å². The SMILES string of the molecule is Cc1cc(OCc2c(F)cccc2F)c2nc(C)c(C(=O)NC3=CC=CC(CNC(=O)O)C3(F)F)n2c1.O=C(O)C(F)(F)F. The number of aromatic nitrogens is 2. The minimum absolute atomic E-state index is 0.0490. The number of benzene rings is 1. The van der Waals surface area contributed by atoms with Crippen LogP contribution < -0.4 is 15.4 Å². The van der Waals surface area contributed by atoms with Crippen LogP contribution in [-0.2, 0) is 11.4 Å². The number of hydrogen-bond acceptors (Lipinski definition) is 5. The van der Waals surface area contributed by atoms with Crippen molar-refractivity contribution in [2.75, 3.05) is 6.54 Å². The summed E-state index contributed by atoms with van der Waals surface area (Å²) in [5.74, 6) is -10.1. The van der Waals surface area contributed by atoms with Gasteiger partial charge in [-0.05, 0) is 43.7 Å². The fourth-order valence-corrected chi connectivity index (χ4v) is 3.98. The zero-order valence-electron chi connectivity index (χ0n) is 22.7. The van der Waals surface area contributed by atoms with E-state index in [1.54, 1.807) is 19.2 Å². The molecule has 0 spiro atoms. The van der Waals surface area contributed by atoms with E-state index in [0.717, 1.165) is 24.3 Å². The monoisotopic (exact) mass is 632 g/mol. The van der Waals surface area contributed by atoms with E-state index in [-0.39, 0.29) is 28.3 Å². The topological polar surface area (TPSA) is 142 Å². The van der Waals surface area contributed by atoms with E-state index in [2.05, 4.69) is 10.3 Å². The smallest absolute Gasteiger partial charge is 0.485 e. The highest BCUT2D eigenvalue weighted by Crippen LogP contribution is 2.35. The lowest BCUT2D eigenvalue weighted by Gasteiger charge is -2.29. The molecule has 3 aromatic rings. The Morgan fingerprint density at radius 2 is 1.73 bits per heavy atom. The number of rotatable bonds is 7. The predicted molar refractivity (Wildman–Crippen MR) is 138 cm³/mol. The summed E-state index contributed by atoms with van der Waals surface area (Å²) in [5.41, 5.74) is -0.0808. The van der Waals surface area contributed by atoms with Crippen molar-refractivity contribution in [2.24, 2.45) is 5.92 Å². The Morgan fingerprint density at radius 1 is 1.11 bits per heavy atom. The van der Waals surface area contributed by atoms with Gasteiger partial charge in [0.2, 0.25) is 0 Å². The van der Waals surface area contributed by atoms with Gasteiger partial charge in [-0.2, -0.15) is 22.0 Å². The first-order valence-electron chi connectivity index (χ1n) is 12.3. The van der Waals surface area contributed by atoms with Gasteiger partial charge in [0.1, 0.15) is 23.9 Å². The number of carbonyl (C=O) groups excluding carboxylic acids is 1. The number of nitrogens with zero attached hydrogens (tertiary/aromatic N) is 2. The molecule has 0 radical (unpaired) electrons. The Morgan fingerprint density at radius 3 is 2.30 bits per heavy atom. The number of aryl methyl sites for hydroxylation is 2. The van der Waals surface area contributed by atoms with Crippen LogP contribution in [0.1, 0.15) is 27.3 Å². The molecule has 4 rings (SSSR count). The van der Waals surface area contributed by atoms with Crippen LogP contribution in [0.2, 0.25) is 0 Å². The van der Waals surface area contributed by atoms with E-state index < -0.39 is 66.5 Å². The van der Waals surface area contributed by atoms with Gasteiger partial charge < -0.3 is 25.6 Å². The molecule has 44 heavy (non-hydrogen) atoms. The number of pyridine rings is 1. The zero-order valence-corrected chi connectivity index (χ0v) is 22.7. The van der Waals surface area contributed by atoms with E-state index in [9.17, 15) is 40.3 Å². The van der Waals surface area contributed by atoms with E-state index >= 15 is 0 Å². The molecule has 4 N–H and O–H groups in total. The largest absolute Gasteiger partial charge is 0.490 e. The third-order valence-electron chi connectivity index (χ3n) is 6.04. The highest BCUT2D eigenvalue weighted by Gasteiger charge is 2.44. The predicted octanol–water partition coefficient (Wildman–Crippen LogP) is 5.14. The number of hydrogen-bond donors (Lipinski definition) is 4. The number of imidazole rings is 1. The van der Waals surface area contributed by atoms with Crippen LogP contribution in [0.3, 0.4) is 0 Å². The van der Waals surface area contributed by atoms with Crippen molar-refractivity contribution in [3.63, 3.8) is 0 Å². The molecule has 0 saturated heterocycles. The van der Waals surface area contributed by atoms with Gasteiger partial charge in [0.25, 0.3) is 11.8 Å². The molecule has 0 bridgehead atoms. The third-order valence-corrected chi connectivity index (χ3v) is 6.04.